The number of esters is 1. The van der Waals surface area contributed by atoms with Crippen LogP contribution in [0.25, 0.3) is 0 Å². The molecule has 3 fully saturated rings. The molecule has 0 amide bonds. The van der Waals surface area contributed by atoms with Crippen LogP contribution in [0.15, 0.2) is 72.3 Å². The molecule has 6 rings (SSSR count). The van der Waals surface area contributed by atoms with Gasteiger partial charge in [0.25, 0.3) is 0 Å². The molecule has 37 heavy (non-hydrogen) atoms. The molecule has 3 saturated carbocycles. The minimum Gasteiger partial charge on any atom is -0.462 e. The third kappa shape index (κ3) is 4.01. The van der Waals surface area contributed by atoms with E-state index < -0.39 is 0 Å². The molecule has 0 spiro atoms. The molecule has 0 radical (unpaired) electrons. The van der Waals surface area contributed by atoms with Crippen molar-refractivity contribution in [2.24, 2.45) is 34.5 Å². The molecule has 3 heteroatoms. The predicted octanol–water partition coefficient (Wildman–Crippen LogP) is 7.77. The second kappa shape index (κ2) is 9.26. The minimum absolute atomic E-state index is 0.00520. The summed E-state index contributed by atoms with van der Waals surface area (Å²) in [5, 5.41) is 0. The van der Waals surface area contributed by atoms with Crippen molar-refractivity contribution in [2.75, 3.05) is 0 Å². The Morgan fingerprint density at radius 1 is 0.892 bits per heavy atom. The first-order valence-corrected chi connectivity index (χ1v) is 14.3. The summed E-state index contributed by atoms with van der Waals surface area (Å²) in [6.07, 6.45) is 9.97. The molecule has 8 atom stereocenters. The highest BCUT2D eigenvalue weighted by molar-refractivity contribution is 5.99. The van der Waals surface area contributed by atoms with Crippen molar-refractivity contribution in [3.05, 3.63) is 83.4 Å². The number of ether oxygens (including phenoxy) is 1. The number of ketones is 1. The summed E-state index contributed by atoms with van der Waals surface area (Å²) in [6, 6.07) is 20.8. The van der Waals surface area contributed by atoms with Gasteiger partial charge in [-0.15, -0.1) is 0 Å². The van der Waals surface area contributed by atoms with Gasteiger partial charge in [-0.25, -0.2) is 0 Å². The first-order valence-electron chi connectivity index (χ1n) is 14.3. The van der Waals surface area contributed by atoms with Crippen LogP contribution >= 0.6 is 0 Å². The smallest absolute Gasteiger partial charge is 0.302 e. The predicted molar refractivity (Wildman–Crippen MR) is 146 cm³/mol. The van der Waals surface area contributed by atoms with E-state index in [1.165, 1.54) is 24.5 Å². The molecule has 0 saturated heterocycles. The fourth-order valence-electron chi connectivity index (χ4n) is 9.30. The van der Waals surface area contributed by atoms with E-state index in [-0.39, 0.29) is 34.7 Å². The Labute approximate surface area is 221 Å². The van der Waals surface area contributed by atoms with Gasteiger partial charge < -0.3 is 4.74 Å². The lowest BCUT2D eigenvalue weighted by molar-refractivity contribution is -0.148. The fraction of sp³-hybridized carbons (Fsp3) is 0.529. The molecule has 0 bridgehead atoms. The van der Waals surface area contributed by atoms with Gasteiger partial charge >= 0.3 is 5.97 Å². The van der Waals surface area contributed by atoms with Crippen LogP contribution in [0.4, 0.5) is 0 Å². The topological polar surface area (TPSA) is 43.4 Å². The number of fused-ring (bicyclic) bond motifs is 5. The van der Waals surface area contributed by atoms with Crippen LogP contribution in [0, 0.1) is 34.5 Å². The largest absolute Gasteiger partial charge is 0.462 e. The van der Waals surface area contributed by atoms with Crippen molar-refractivity contribution in [1.29, 1.82) is 0 Å². The van der Waals surface area contributed by atoms with Crippen LogP contribution in [0.5, 0.6) is 0 Å². The zero-order valence-corrected chi connectivity index (χ0v) is 22.5. The average Bonchev–Trinajstić information content (AvgIpc) is 3.22. The normalized spacial score (nSPS) is 38.5. The second-order valence-corrected chi connectivity index (χ2v) is 12.7. The van der Waals surface area contributed by atoms with Crippen molar-refractivity contribution < 1.29 is 14.3 Å². The van der Waals surface area contributed by atoms with E-state index in [1.54, 1.807) is 0 Å². The third-order valence-electron chi connectivity index (χ3n) is 11.0. The Kier molecular flexibility index (Phi) is 6.17. The van der Waals surface area contributed by atoms with Crippen LogP contribution < -0.4 is 0 Å². The Morgan fingerprint density at radius 2 is 1.59 bits per heavy atom. The van der Waals surface area contributed by atoms with Crippen LogP contribution in [0.3, 0.4) is 0 Å². The molecule has 3 nitrogen and oxygen atoms in total. The van der Waals surface area contributed by atoms with Gasteiger partial charge in [0, 0.05) is 24.8 Å². The number of Topliss-reactive ketones (excluding diaryl/α,β-unsaturated/α-hetero) is 1. The number of carbonyl (C=O) groups is 2. The zero-order chi connectivity index (χ0) is 25.8. The first-order chi connectivity index (χ1) is 17.8. The summed E-state index contributed by atoms with van der Waals surface area (Å²) in [5.74, 6) is 2.24. The molecule has 0 aromatic heterocycles. The summed E-state index contributed by atoms with van der Waals surface area (Å²) < 4.78 is 5.63. The maximum atomic E-state index is 14.2. The van der Waals surface area contributed by atoms with Crippen LogP contribution in [0.2, 0.25) is 0 Å². The highest BCUT2D eigenvalue weighted by atomic mass is 16.5. The molecular weight excluding hydrogens is 456 g/mol. The molecule has 4 aliphatic rings. The first kappa shape index (κ1) is 24.6. The SMILES string of the molecule is CC(=O)O[C@@H]1CC[C@]2(C)C(=CC[C@H]3[C@H]4C[C@@H](c5ccccc5)[C@@H](C(=O)c5ccccc5)[C@]4(C)CC[C@@H]32)C1. The van der Waals surface area contributed by atoms with E-state index >= 15 is 0 Å². The molecule has 2 aromatic rings. The minimum atomic E-state index is -0.164. The summed E-state index contributed by atoms with van der Waals surface area (Å²) in [6.45, 7) is 6.46. The van der Waals surface area contributed by atoms with E-state index in [9.17, 15) is 9.59 Å². The molecule has 194 valence electrons. The summed E-state index contributed by atoms with van der Waals surface area (Å²) in [7, 11) is 0. The molecular formula is C34H40O3. The van der Waals surface area contributed by atoms with Gasteiger partial charge in [0.2, 0.25) is 0 Å². The Hall–Kier alpha value is -2.68. The van der Waals surface area contributed by atoms with Crippen LogP contribution in [-0.4, -0.2) is 17.9 Å². The highest BCUT2D eigenvalue weighted by Crippen LogP contribution is 2.69. The van der Waals surface area contributed by atoms with Crippen LogP contribution in [-0.2, 0) is 9.53 Å². The van der Waals surface area contributed by atoms with Gasteiger partial charge in [-0.3, -0.25) is 9.59 Å². The second-order valence-electron chi connectivity index (χ2n) is 12.7. The monoisotopic (exact) mass is 496 g/mol. The lowest BCUT2D eigenvalue weighted by Gasteiger charge is -2.58. The van der Waals surface area contributed by atoms with Gasteiger partial charge in [-0.1, -0.05) is 86.2 Å². The molecule has 0 aliphatic heterocycles. The van der Waals surface area contributed by atoms with Crippen molar-refractivity contribution in [2.45, 2.75) is 77.7 Å². The number of carbonyl (C=O) groups excluding carboxylic acids is 2. The summed E-state index contributed by atoms with van der Waals surface area (Å²) in [4.78, 5) is 25.8. The molecule has 0 N–H and O–H groups in total. The molecule has 4 aliphatic carbocycles. The maximum absolute atomic E-state index is 14.2. The van der Waals surface area contributed by atoms with Gasteiger partial charge in [0.15, 0.2) is 5.78 Å². The Balaban J connectivity index is 1.35. The van der Waals surface area contributed by atoms with E-state index in [0.29, 0.717) is 23.5 Å². The summed E-state index contributed by atoms with van der Waals surface area (Å²) >= 11 is 0. The van der Waals surface area contributed by atoms with E-state index in [0.717, 1.165) is 44.1 Å². The number of rotatable bonds is 4. The van der Waals surface area contributed by atoms with Gasteiger partial charge in [-0.05, 0) is 78.6 Å². The number of hydrogen-bond acceptors (Lipinski definition) is 3. The van der Waals surface area contributed by atoms with Gasteiger partial charge in [0.05, 0.1) is 0 Å². The number of allylic oxidation sites excluding steroid dienone is 1. The lowest BCUT2D eigenvalue weighted by Crippen LogP contribution is -2.51. The lowest BCUT2D eigenvalue weighted by atomic mass is 9.47. The Morgan fingerprint density at radius 3 is 2.30 bits per heavy atom. The van der Waals surface area contributed by atoms with Crippen molar-refractivity contribution >= 4 is 11.8 Å². The standard InChI is InChI=1S/C34H40O3/c1-22(35)37-26-16-18-33(2)25(20-26)14-15-27-29(33)17-19-34(3)30(27)21-28(23-10-6-4-7-11-23)31(34)32(36)24-12-8-5-9-13-24/h4-14,26-31H,15-21H2,1-3H3/t26-,27-,28+,29+,30-,31+,33-,34-/m1/s1. The molecule has 0 heterocycles. The third-order valence-corrected chi connectivity index (χ3v) is 11.0. The number of hydrogen-bond donors (Lipinski definition) is 0. The van der Waals surface area contributed by atoms with Gasteiger partial charge in [0.1, 0.15) is 6.10 Å². The van der Waals surface area contributed by atoms with Crippen LogP contribution in [0.1, 0.15) is 87.6 Å². The van der Waals surface area contributed by atoms with Gasteiger partial charge in [-0.2, -0.15) is 0 Å². The van der Waals surface area contributed by atoms with Crippen molar-refractivity contribution in [3.63, 3.8) is 0 Å². The summed E-state index contributed by atoms with van der Waals surface area (Å²) in [5.41, 5.74) is 3.89. The fourth-order valence-corrected chi connectivity index (χ4v) is 9.30. The molecule has 2 aromatic carbocycles. The molecule has 0 unspecified atom stereocenters. The zero-order valence-electron chi connectivity index (χ0n) is 22.5. The van der Waals surface area contributed by atoms with Crippen molar-refractivity contribution in [3.8, 4) is 0 Å². The van der Waals surface area contributed by atoms with E-state index in [2.05, 4.69) is 50.3 Å². The van der Waals surface area contributed by atoms with Crippen molar-refractivity contribution in [1.82, 2.24) is 0 Å². The van der Waals surface area contributed by atoms with E-state index in [1.807, 2.05) is 30.3 Å². The quantitative estimate of drug-likeness (QED) is 0.247. The Bertz CT molecular complexity index is 1200. The average molecular weight is 497 g/mol. The number of benzene rings is 2. The maximum Gasteiger partial charge on any atom is 0.302 e. The van der Waals surface area contributed by atoms with E-state index in [4.69, 9.17) is 4.74 Å². The highest BCUT2D eigenvalue weighted by Gasteiger charge is 2.62.